The third kappa shape index (κ3) is 4.25. The van der Waals surface area contributed by atoms with E-state index in [9.17, 15) is 14.7 Å². The van der Waals surface area contributed by atoms with Gasteiger partial charge in [0.25, 0.3) is 0 Å². The number of anilines is 1. The number of likely N-dealkylation sites (N-methyl/N-ethyl adjacent to an activating group) is 2. The molecule has 1 aliphatic heterocycles. The molecule has 0 saturated carbocycles. The number of urea groups is 1. The van der Waals surface area contributed by atoms with Gasteiger partial charge >= 0.3 is 12.1 Å². The molecule has 3 aromatic rings. The van der Waals surface area contributed by atoms with Crippen LogP contribution in [0.2, 0.25) is 0 Å². The van der Waals surface area contributed by atoms with Crippen LogP contribution in [0.15, 0.2) is 54.7 Å². The van der Waals surface area contributed by atoms with E-state index < -0.39 is 6.09 Å². The van der Waals surface area contributed by atoms with E-state index in [1.807, 2.05) is 25.2 Å². The molecule has 0 aliphatic carbocycles. The summed E-state index contributed by atoms with van der Waals surface area (Å²) in [5.41, 5.74) is 2.18. The predicted octanol–water partition coefficient (Wildman–Crippen LogP) is 4.25. The molecule has 2 amide bonds. The largest absolute Gasteiger partial charge is 0.463 e. The molecule has 162 valence electrons. The molecule has 8 nitrogen and oxygen atoms in total. The van der Waals surface area contributed by atoms with Crippen molar-refractivity contribution in [3.63, 3.8) is 0 Å². The molecule has 0 bridgehead atoms. The van der Waals surface area contributed by atoms with Crippen molar-refractivity contribution >= 4 is 28.7 Å². The average Bonchev–Trinajstić information content (AvgIpc) is 3.19. The molecule has 2 aromatic carbocycles. The molecule has 2 heterocycles. The fraction of sp³-hybridized carbons (Fsp3) is 0.348. The fourth-order valence-electron chi connectivity index (χ4n) is 4.45. The van der Waals surface area contributed by atoms with Crippen molar-refractivity contribution in [2.45, 2.75) is 31.3 Å². The maximum atomic E-state index is 13.2. The third-order valence-electron chi connectivity index (χ3n) is 6.07. The van der Waals surface area contributed by atoms with Gasteiger partial charge in [-0.3, -0.25) is 0 Å². The van der Waals surface area contributed by atoms with Gasteiger partial charge in [0.1, 0.15) is 0 Å². The average molecular weight is 422 g/mol. The standard InChI is InChI=1S/C23H27N5O3/c1-26-13-7-6-10-20(26)21(16-8-4-3-5-9-16)27(2)22(29)25-18-11-12-19-17(14-18)15-24-28(19)23(30)31/h3-5,8-9,11-12,14-15,20-21H,6-7,10,13H2,1-2H3,(H,25,29)(H,30,31). The van der Waals surface area contributed by atoms with Gasteiger partial charge in [-0.1, -0.05) is 36.8 Å². The smallest absolute Gasteiger partial charge is 0.432 e. The Kier molecular flexibility index (Phi) is 5.90. The van der Waals surface area contributed by atoms with Gasteiger partial charge in [-0.25, -0.2) is 9.59 Å². The van der Waals surface area contributed by atoms with Crippen molar-refractivity contribution in [1.29, 1.82) is 0 Å². The zero-order valence-electron chi connectivity index (χ0n) is 17.7. The number of nitrogens with zero attached hydrogens (tertiary/aromatic N) is 4. The van der Waals surface area contributed by atoms with Crippen LogP contribution in [0.5, 0.6) is 0 Å². The fourth-order valence-corrected chi connectivity index (χ4v) is 4.45. The van der Waals surface area contributed by atoms with Crippen LogP contribution >= 0.6 is 0 Å². The predicted molar refractivity (Wildman–Crippen MR) is 119 cm³/mol. The van der Waals surface area contributed by atoms with Crippen LogP contribution in [0.4, 0.5) is 15.3 Å². The topological polar surface area (TPSA) is 90.7 Å². The zero-order valence-corrected chi connectivity index (χ0v) is 17.7. The molecular formula is C23H27N5O3. The third-order valence-corrected chi connectivity index (χ3v) is 6.07. The molecule has 31 heavy (non-hydrogen) atoms. The molecule has 4 rings (SSSR count). The number of amides is 2. The second kappa shape index (κ2) is 8.77. The Hall–Kier alpha value is -3.39. The number of fused-ring (bicyclic) bond motifs is 1. The van der Waals surface area contributed by atoms with E-state index in [1.54, 1.807) is 23.1 Å². The first-order valence-corrected chi connectivity index (χ1v) is 10.5. The van der Waals surface area contributed by atoms with E-state index in [4.69, 9.17) is 0 Å². The van der Waals surface area contributed by atoms with Crippen molar-refractivity contribution in [3.8, 4) is 0 Å². The zero-order chi connectivity index (χ0) is 22.0. The summed E-state index contributed by atoms with van der Waals surface area (Å²) in [4.78, 5) is 28.6. The van der Waals surface area contributed by atoms with Crippen molar-refractivity contribution in [2.24, 2.45) is 0 Å². The summed E-state index contributed by atoms with van der Waals surface area (Å²) in [6, 6.07) is 15.2. The molecule has 1 aliphatic rings. The van der Waals surface area contributed by atoms with Crippen LogP contribution in [0.25, 0.3) is 10.9 Å². The Balaban J connectivity index is 1.58. The van der Waals surface area contributed by atoms with Crippen LogP contribution in [-0.2, 0) is 0 Å². The number of nitrogens with one attached hydrogen (secondary N) is 1. The summed E-state index contributed by atoms with van der Waals surface area (Å²) in [7, 11) is 3.95. The van der Waals surface area contributed by atoms with Crippen LogP contribution in [0.3, 0.4) is 0 Å². The number of carbonyl (C=O) groups is 2. The molecular weight excluding hydrogens is 394 g/mol. The van der Waals surface area contributed by atoms with Crippen molar-refractivity contribution in [1.82, 2.24) is 19.6 Å². The van der Waals surface area contributed by atoms with Gasteiger partial charge in [0.05, 0.1) is 17.8 Å². The maximum Gasteiger partial charge on any atom is 0.432 e. The molecule has 8 heteroatoms. The van der Waals surface area contributed by atoms with Gasteiger partial charge in [0.15, 0.2) is 0 Å². The summed E-state index contributed by atoms with van der Waals surface area (Å²) in [5, 5.41) is 16.7. The van der Waals surface area contributed by atoms with Gasteiger partial charge in [-0.2, -0.15) is 9.78 Å². The maximum absolute atomic E-state index is 13.2. The normalized spacial score (nSPS) is 17.9. The highest BCUT2D eigenvalue weighted by Gasteiger charge is 2.33. The van der Waals surface area contributed by atoms with Gasteiger partial charge in [-0.05, 0) is 50.2 Å². The van der Waals surface area contributed by atoms with Crippen molar-refractivity contribution < 1.29 is 14.7 Å². The second-order valence-corrected chi connectivity index (χ2v) is 8.05. The summed E-state index contributed by atoms with van der Waals surface area (Å²) in [5.74, 6) is 0. The van der Waals surface area contributed by atoms with E-state index in [1.165, 1.54) is 12.6 Å². The number of benzene rings is 2. The van der Waals surface area contributed by atoms with Crippen LogP contribution < -0.4 is 5.32 Å². The summed E-state index contributed by atoms with van der Waals surface area (Å²) in [6.07, 6.45) is 3.70. The van der Waals surface area contributed by atoms with E-state index in [0.29, 0.717) is 16.6 Å². The lowest BCUT2D eigenvalue weighted by atomic mass is 9.90. The first kappa shape index (κ1) is 20.9. The highest BCUT2D eigenvalue weighted by molar-refractivity contribution is 5.94. The first-order chi connectivity index (χ1) is 15.0. The Morgan fingerprint density at radius 2 is 1.97 bits per heavy atom. The summed E-state index contributed by atoms with van der Waals surface area (Å²) in [6.45, 7) is 1.02. The minimum absolute atomic E-state index is 0.0787. The quantitative estimate of drug-likeness (QED) is 0.657. The second-order valence-electron chi connectivity index (χ2n) is 8.05. The molecule has 2 unspecified atom stereocenters. The summed E-state index contributed by atoms with van der Waals surface area (Å²) < 4.78 is 0.914. The van der Waals surface area contributed by atoms with E-state index in [0.717, 1.165) is 29.6 Å². The Labute approximate surface area is 181 Å². The number of hydrogen-bond donors (Lipinski definition) is 2. The minimum Gasteiger partial charge on any atom is -0.463 e. The van der Waals surface area contributed by atoms with Crippen molar-refractivity contribution in [3.05, 3.63) is 60.3 Å². The minimum atomic E-state index is -1.14. The number of carbonyl (C=O) groups excluding carboxylic acids is 1. The van der Waals surface area contributed by atoms with E-state index >= 15 is 0 Å². The number of rotatable bonds is 4. The number of aromatic nitrogens is 2. The van der Waals surface area contributed by atoms with Crippen molar-refractivity contribution in [2.75, 3.05) is 26.0 Å². The number of hydrogen-bond acceptors (Lipinski definition) is 4. The number of carboxylic acid groups (broad SMARTS) is 1. The lowest BCUT2D eigenvalue weighted by molar-refractivity contribution is 0.0992. The van der Waals surface area contributed by atoms with Crippen LogP contribution in [-0.4, -0.2) is 63.5 Å². The molecule has 2 atom stereocenters. The number of likely N-dealkylation sites (tertiary alicyclic amines) is 1. The van der Waals surface area contributed by atoms with Gasteiger partial charge in [-0.15, -0.1) is 0 Å². The lowest BCUT2D eigenvalue weighted by Gasteiger charge is -2.42. The van der Waals surface area contributed by atoms with E-state index in [-0.39, 0.29) is 18.1 Å². The molecule has 1 aromatic heterocycles. The van der Waals surface area contributed by atoms with Gasteiger partial charge in [0.2, 0.25) is 0 Å². The number of piperidine rings is 1. The van der Waals surface area contributed by atoms with Gasteiger partial charge in [0, 0.05) is 24.2 Å². The lowest BCUT2D eigenvalue weighted by Crippen LogP contribution is -2.48. The molecule has 1 fully saturated rings. The highest BCUT2D eigenvalue weighted by atomic mass is 16.4. The molecule has 1 saturated heterocycles. The van der Waals surface area contributed by atoms with Crippen LogP contribution in [0.1, 0.15) is 30.9 Å². The molecule has 0 spiro atoms. The Morgan fingerprint density at radius 1 is 1.19 bits per heavy atom. The summed E-state index contributed by atoms with van der Waals surface area (Å²) >= 11 is 0. The van der Waals surface area contributed by atoms with Crippen LogP contribution in [0, 0.1) is 0 Å². The molecule has 0 radical (unpaired) electrons. The SMILES string of the molecule is CN1CCCCC1C(c1ccccc1)N(C)C(=O)Nc1ccc2c(cnn2C(=O)O)c1. The monoisotopic (exact) mass is 421 g/mol. The molecule has 2 N–H and O–H groups in total. The Morgan fingerprint density at radius 3 is 2.68 bits per heavy atom. The highest BCUT2D eigenvalue weighted by Crippen LogP contribution is 2.32. The van der Waals surface area contributed by atoms with Gasteiger partial charge < -0.3 is 20.2 Å². The Bertz CT molecular complexity index is 1080. The van der Waals surface area contributed by atoms with E-state index in [2.05, 4.69) is 34.5 Å². The first-order valence-electron chi connectivity index (χ1n) is 10.5.